The van der Waals surface area contributed by atoms with Gasteiger partial charge in [-0.3, -0.25) is 4.79 Å². The molecular weight excluding hydrogens is 344 g/mol. The van der Waals surface area contributed by atoms with E-state index in [0.717, 1.165) is 32.1 Å². The third-order valence-corrected chi connectivity index (χ3v) is 5.17. The molecule has 0 fully saturated rings. The minimum absolute atomic E-state index is 0.119. The van der Waals surface area contributed by atoms with Crippen LogP contribution < -0.4 is 5.32 Å². The van der Waals surface area contributed by atoms with Crippen LogP contribution in [0.3, 0.4) is 0 Å². The Hall–Kier alpha value is -2.99. The number of hydrogen-bond acceptors (Lipinski definition) is 4. The Balaban J connectivity index is 1.37. The lowest BCUT2D eigenvalue weighted by Gasteiger charge is -2.07. The number of aryl methyl sites for hydroxylation is 1. The van der Waals surface area contributed by atoms with Gasteiger partial charge in [0.2, 0.25) is 5.91 Å². The van der Waals surface area contributed by atoms with E-state index in [1.165, 1.54) is 6.08 Å². The van der Waals surface area contributed by atoms with Crippen LogP contribution in [-0.4, -0.2) is 27.0 Å². The molecule has 0 radical (unpaired) electrons. The van der Waals surface area contributed by atoms with Crippen LogP contribution in [-0.2, 0) is 11.3 Å². The van der Waals surface area contributed by atoms with E-state index in [-0.39, 0.29) is 5.91 Å². The number of carbonyl (C=O) groups excluding carboxylic acids is 1. The number of hydrogen-bond donors (Lipinski definition) is 1. The molecule has 0 saturated carbocycles. The zero-order valence-corrected chi connectivity index (χ0v) is 15.2. The molecule has 2 aromatic heterocycles. The number of imidazole rings is 1. The van der Waals surface area contributed by atoms with Crippen LogP contribution in [0.25, 0.3) is 27.3 Å². The van der Waals surface area contributed by atoms with Gasteiger partial charge in [0.05, 0.1) is 21.3 Å². The van der Waals surface area contributed by atoms with Gasteiger partial charge in [0.1, 0.15) is 10.8 Å². The van der Waals surface area contributed by atoms with E-state index in [1.807, 2.05) is 55.5 Å². The van der Waals surface area contributed by atoms with Gasteiger partial charge in [0.15, 0.2) is 0 Å². The maximum absolute atomic E-state index is 12.1. The SMILES string of the molecule is Cc1nc2ccccc2n1CCNC(=O)/C=C/c1nc2ccccc2s1. The van der Waals surface area contributed by atoms with Crippen molar-refractivity contribution in [2.24, 2.45) is 0 Å². The molecule has 26 heavy (non-hydrogen) atoms. The fourth-order valence-corrected chi connectivity index (χ4v) is 3.81. The highest BCUT2D eigenvalue weighted by Crippen LogP contribution is 2.22. The van der Waals surface area contributed by atoms with E-state index in [4.69, 9.17) is 0 Å². The first-order valence-electron chi connectivity index (χ1n) is 8.44. The summed E-state index contributed by atoms with van der Waals surface area (Å²) in [6.45, 7) is 3.21. The Bertz CT molecular complexity index is 1080. The Kier molecular flexibility index (Phi) is 4.50. The molecule has 0 aliphatic carbocycles. The van der Waals surface area contributed by atoms with Crippen LogP contribution >= 0.6 is 11.3 Å². The molecule has 0 atom stereocenters. The van der Waals surface area contributed by atoms with Gasteiger partial charge in [-0.1, -0.05) is 24.3 Å². The zero-order valence-electron chi connectivity index (χ0n) is 14.3. The van der Waals surface area contributed by atoms with Crippen molar-refractivity contribution >= 4 is 44.6 Å². The van der Waals surface area contributed by atoms with Crippen LogP contribution in [0.2, 0.25) is 0 Å². The molecule has 1 amide bonds. The smallest absolute Gasteiger partial charge is 0.244 e. The molecule has 0 aliphatic rings. The van der Waals surface area contributed by atoms with Gasteiger partial charge in [-0.05, 0) is 37.3 Å². The summed E-state index contributed by atoms with van der Waals surface area (Å²) in [5.74, 6) is 0.830. The molecule has 0 bridgehead atoms. The van der Waals surface area contributed by atoms with Crippen molar-refractivity contribution in [1.82, 2.24) is 19.9 Å². The summed E-state index contributed by atoms with van der Waals surface area (Å²) >= 11 is 1.57. The van der Waals surface area contributed by atoms with Crippen molar-refractivity contribution in [3.63, 3.8) is 0 Å². The number of benzene rings is 2. The number of nitrogens with one attached hydrogen (secondary N) is 1. The van der Waals surface area contributed by atoms with Gasteiger partial charge in [-0.25, -0.2) is 9.97 Å². The number of amides is 1. The summed E-state index contributed by atoms with van der Waals surface area (Å²) in [4.78, 5) is 21.1. The third kappa shape index (κ3) is 3.36. The van der Waals surface area contributed by atoms with Gasteiger partial charge in [0.25, 0.3) is 0 Å². The normalized spacial score (nSPS) is 11.6. The van der Waals surface area contributed by atoms with E-state index in [1.54, 1.807) is 17.4 Å². The largest absolute Gasteiger partial charge is 0.351 e. The lowest BCUT2D eigenvalue weighted by atomic mass is 10.3. The average molecular weight is 362 g/mol. The lowest BCUT2D eigenvalue weighted by molar-refractivity contribution is -0.116. The number of rotatable bonds is 5. The van der Waals surface area contributed by atoms with E-state index >= 15 is 0 Å². The molecule has 2 heterocycles. The first-order chi connectivity index (χ1) is 12.7. The maximum Gasteiger partial charge on any atom is 0.244 e. The molecule has 0 spiro atoms. The van der Waals surface area contributed by atoms with Crippen LogP contribution in [0.1, 0.15) is 10.8 Å². The summed E-state index contributed by atoms with van der Waals surface area (Å²) in [5, 5.41) is 3.75. The lowest BCUT2D eigenvalue weighted by Crippen LogP contribution is -2.25. The number of para-hydroxylation sites is 3. The monoisotopic (exact) mass is 362 g/mol. The number of nitrogens with zero attached hydrogens (tertiary/aromatic N) is 3. The minimum Gasteiger partial charge on any atom is -0.351 e. The quantitative estimate of drug-likeness (QED) is 0.550. The number of fused-ring (bicyclic) bond motifs is 2. The number of carbonyl (C=O) groups is 1. The van der Waals surface area contributed by atoms with Gasteiger partial charge in [0, 0.05) is 19.2 Å². The second-order valence-corrected chi connectivity index (χ2v) is 7.01. The summed E-state index contributed by atoms with van der Waals surface area (Å²) in [7, 11) is 0. The fourth-order valence-electron chi connectivity index (χ4n) is 2.94. The molecule has 0 saturated heterocycles. The van der Waals surface area contributed by atoms with E-state index in [9.17, 15) is 4.79 Å². The predicted octanol–water partition coefficient (Wildman–Crippen LogP) is 3.78. The zero-order chi connectivity index (χ0) is 17.9. The first-order valence-corrected chi connectivity index (χ1v) is 9.26. The predicted molar refractivity (Wildman–Crippen MR) is 106 cm³/mol. The van der Waals surface area contributed by atoms with Gasteiger partial charge in [-0.15, -0.1) is 11.3 Å². The minimum atomic E-state index is -0.119. The van der Waals surface area contributed by atoms with Crippen LogP contribution in [0, 0.1) is 6.92 Å². The van der Waals surface area contributed by atoms with Gasteiger partial charge in [-0.2, -0.15) is 0 Å². The van der Waals surface area contributed by atoms with Crippen molar-refractivity contribution in [2.45, 2.75) is 13.5 Å². The second-order valence-electron chi connectivity index (χ2n) is 5.94. The topological polar surface area (TPSA) is 59.8 Å². The van der Waals surface area contributed by atoms with Crippen LogP contribution in [0.15, 0.2) is 54.6 Å². The molecule has 6 heteroatoms. The molecular formula is C20H18N4OS. The standard InChI is InChI=1S/C20H18N4OS/c1-14-22-15-6-2-4-8-17(15)24(14)13-12-21-19(25)10-11-20-23-16-7-3-5-9-18(16)26-20/h2-11H,12-13H2,1H3,(H,21,25)/b11-10+. The third-order valence-electron chi connectivity index (χ3n) is 4.17. The summed E-state index contributed by atoms with van der Waals surface area (Å²) in [6, 6.07) is 16.0. The Morgan fingerprint density at radius 2 is 1.88 bits per heavy atom. The Labute approximate surface area is 155 Å². The molecule has 0 aliphatic heterocycles. The van der Waals surface area contributed by atoms with Gasteiger partial charge >= 0.3 is 0 Å². The molecule has 1 N–H and O–H groups in total. The highest BCUT2D eigenvalue weighted by atomic mass is 32.1. The first kappa shape index (κ1) is 16.5. The highest BCUT2D eigenvalue weighted by Gasteiger charge is 2.06. The maximum atomic E-state index is 12.1. The number of thiazole rings is 1. The van der Waals surface area contributed by atoms with Crippen molar-refractivity contribution in [3.05, 3.63) is 65.4 Å². The average Bonchev–Trinajstić information content (AvgIpc) is 3.20. The molecule has 0 unspecified atom stereocenters. The summed E-state index contributed by atoms with van der Waals surface area (Å²) < 4.78 is 3.24. The van der Waals surface area contributed by atoms with Crippen molar-refractivity contribution < 1.29 is 4.79 Å². The van der Waals surface area contributed by atoms with Crippen LogP contribution in [0.5, 0.6) is 0 Å². The summed E-state index contributed by atoms with van der Waals surface area (Å²) in [5.41, 5.74) is 3.02. The van der Waals surface area contributed by atoms with Crippen molar-refractivity contribution in [1.29, 1.82) is 0 Å². The highest BCUT2D eigenvalue weighted by molar-refractivity contribution is 7.19. The molecule has 4 aromatic rings. The van der Waals surface area contributed by atoms with Crippen molar-refractivity contribution in [3.8, 4) is 0 Å². The Morgan fingerprint density at radius 3 is 2.73 bits per heavy atom. The molecule has 130 valence electrons. The second kappa shape index (κ2) is 7.09. The van der Waals surface area contributed by atoms with E-state index in [0.29, 0.717) is 13.1 Å². The van der Waals surface area contributed by atoms with Crippen LogP contribution in [0.4, 0.5) is 0 Å². The molecule has 4 rings (SSSR count). The molecule has 5 nitrogen and oxygen atoms in total. The fraction of sp³-hybridized carbons (Fsp3) is 0.150. The molecule has 2 aromatic carbocycles. The van der Waals surface area contributed by atoms with Gasteiger partial charge < -0.3 is 9.88 Å². The summed E-state index contributed by atoms with van der Waals surface area (Å²) in [6.07, 6.45) is 3.30. The van der Waals surface area contributed by atoms with E-state index < -0.39 is 0 Å². The van der Waals surface area contributed by atoms with Crippen molar-refractivity contribution in [2.75, 3.05) is 6.54 Å². The number of aromatic nitrogens is 3. The van der Waals surface area contributed by atoms with E-state index in [2.05, 4.69) is 19.9 Å². The Morgan fingerprint density at radius 1 is 1.12 bits per heavy atom.